The lowest BCUT2D eigenvalue weighted by Crippen LogP contribution is -2.24. The molecule has 0 aliphatic carbocycles. The van der Waals surface area contributed by atoms with E-state index in [4.69, 9.17) is 27.9 Å². The van der Waals surface area contributed by atoms with Gasteiger partial charge >= 0.3 is 0 Å². The molecule has 0 fully saturated rings. The second-order valence-electron chi connectivity index (χ2n) is 4.54. The zero-order chi connectivity index (χ0) is 15.9. The number of aryl methyl sites for hydroxylation is 1. The molecular weight excluding hydrogens is 323 g/mol. The average Bonchev–Trinajstić information content (AvgIpc) is 2.51. The van der Waals surface area contributed by atoms with E-state index in [-0.39, 0.29) is 12.5 Å². The summed E-state index contributed by atoms with van der Waals surface area (Å²) in [6.45, 7) is 1.86. The number of hydrazone groups is 1. The summed E-state index contributed by atoms with van der Waals surface area (Å²) in [6, 6.07) is 12.6. The number of benzene rings is 2. The summed E-state index contributed by atoms with van der Waals surface area (Å²) >= 11 is 11.9. The van der Waals surface area contributed by atoms with Gasteiger partial charge in [0.25, 0.3) is 5.91 Å². The quantitative estimate of drug-likeness (QED) is 0.666. The van der Waals surface area contributed by atoms with Crippen LogP contribution >= 0.6 is 23.2 Å². The number of hydrogen-bond acceptors (Lipinski definition) is 3. The van der Waals surface area contributed by atoms with Gasteiger partial charge in [-0.1, -0.05) is 53.0 Å². The van der Waals surface area contributed by atoms with Crippen molar-refractivity contribution in [3.8, 4) is 5.75 Å². The van der Waals surface area contributed by atoms with Crippen LogP contribution in [-0.4, -0.2) is 18.7 Å². The monoisotopic (exact) mass is 336 g/mol. The summed E-state index contributed by atoms with van der Waals surface area (Å²) in [5.74, 6) is 0.262. The first-order valence-electron chi connectivity index (χ1n) is 6.51. The summed E-state index contributed by atoms with van der Waals surface area (Å²) < 4.78 is 5.34. The van der Waals surface area contributed by atoms with Crippen molar-refractivity contribution in [1.82, 2.24) is 5.43 Å². The fourth-order valence-corrected chi connectivity index (χ4v) is 1.97. The van der Waals surface area contributed by atoms with Crippen LogP contribution in [0, 0.1) is 6.92 Å². The third-order valence-electron chi connectivity index (χ3n) is 2.77. The van der Waals surface area contributed by atoms with Gasteiger partial charge in [-0.05, 0) is 25.1 Å². The normalized spacial score (nSPS) is 10.7. The molecule has 0 heterocycles. The molecule has 1 amide bonds. The van der Waals surface area contributed by atoms with Crippen molar-refractivity contribution in [2.75, 3.05) is 6.61 Å². The molecule has 0 aliphatic rings. The Labute approximate surface area is 138 Å². The van der Waals surface area contributed by atoms with E-state index >= 15 is 0 Å². The molecule has 0 radical (unpaired) electrons. The van der Waals surface area contributed by atoms with Gasteiger partial charge in [0.05, 0.1) is 16.3 Å². The molecule has 0 saturated carbocycles. The van der Waals surface area contributed by atoms with Gasteiger partial charge in [0.2, 0.25) is 0 Å². The Morgan fingerprint density at radius 3 is 2.68 bits per heavy atom. The second-order valence-corrected chi connectivity index (χ2v) is 5.32. The van der Waals surface area contributed by atoms with Gasteiger partial charge in [0.15, 0.2) is 6.61 Å². The minimum atomic E-state index is -0.366. The average molecular weight is 337 g/mol. The molecule has 22 heavy (non-hydrogen) atoms. The molecule has 2 rings (SSSR count). The lowest BCUT2D eigenvalue weighted by Gasteiger charge is -2.05. The molecule has 0 unspecified atom stereocenters. The Hall–Kier alpha value is -2.04. The summed E-state index contributed by atoms with van der Waals surface area (Å²) in [5.41, 5.74) is 4.11. The van der Waals surface area contributed by atoms with Crippen LogP contribution in [0.4, 0.5) is 0 Å². The van der Waals surface area contributed by atoms with E-state index in [0.717, 1.165) is 5.56 Å². The lowest BCUT2D eigenvalue weighted by atomic mass is 10.2. The number of halogens is 2. The lowest BCUT2D eigenvalue weighted by molar-refractivity contribution is -0.123. The van der Waals surface area contributed by atoms with Gasteiger partial charge in [-0.2, -0.15) is 5.10 Å². The van der Waals surface area contributed by atoms with Crippen molar-refractivity contribution < 1.29 is 9.53 Å². The van der Waals surface area contributed by atoms with E-state index in [9.17, 15) is 4.79 Å². The van der Waals surface area contributed by atoms with Crippen molar-refractivity contribution in [2.45, 2.75) is 6.92 Å². The summed E-state index contributed by atoms with van der Waals surface area (Å²) in [7, 11) is 0. The second kappa shape index (κ2) is 7.82. The highest BCUT2D eigenvalue weighted by Gasteiger charge is 2.03. The third-order valence-corrected chi connectivity index (χ3v) is 3.60. The van der Waals surface area contributed by atoms with Crippen molar-refractivity contribution in [1.29, 1.82) is 0 Å². The molecule has 6 heteroatoms. The first-order chi connectivity index (χ1) is 10.6. The van der Waals surface area contributed by atoms with Gasteiger partial charge < -0.3 is 4.74 Å². The highest BCUT2D eigenvalue weighted by Crippen LogP contribution is 2.24. The molecule has 1 N–H and O–H groups in total. The Balaban J connectivity index is 1.83. The van der Waals surface area contributed by atoms with Crippen molar-refractivity contribution in [3.05, 3.63) is 63.6 Å². The minimum absolute atomic E-state index is 0.121. The van der Waals surface area contributed by atoms with E-state index in [1.165, 1.54) is 6.21 Å². The topological polar surface area (TPSA) is 50.7 Å². The Morgan fingerprint density at radius 2 is 1.95 bits per heavy atom. The maximum absolute atomic E-state index is 11.6. The maximum atomic E-state index is 11.6. The predicted octanol–water partition coefficient (Wildman–Crippen LogP) is 3.83. The maximum Gasteiger partial charge on any atom is 0.277 e. The Bertz CT molecular complexity index is 685. The molecule has 2 aromatic rings. The molecule has 0 aliphatic heterocycles. The van der Waals surface area contributed by atoms with E-state index in [0.29, 0.717) is 21.4 Å². The van der Waals surface area contributed by atoms with Crippen LogP contribution in [0.1, 0.15) is 11.1 Å². The largest absolute Gasteiger partial charge is 0.484 e. The highest BCUT2D eigenvalue weighted by molar-refractivity contribution is 6.43. The zero-order valence-electron chi connectivity index (χ0n) is 11.8. The Morgan fingerprint density at radius 1 is 1.23 bits per heavy atom. The number of carbonyl (C=O) groups excluding carboxylic acids is 1. The van der Waals surface area contributed by atoms with Crippen LogP contribution in [0.25, 0.3) is 0 Å². The number of hydrogen-bond donors (Lipinski definition) is 1. The van der Waals surface area contributed by atoms with Crippen molar-refractivity contribution in [2.24, 2.45) is 5.10 Å². The third kappa shape index (κ3) is 4.76. The number of amides is 1. The molecule has 0 spiro atoms. The number of nitrogens with zero attached hydrogens (tertiary/aromatic N) is 1. The van der Waals surface area contributed by atoms with Crippen LogP contribution in [0.2, 0.25) is 10.0 Å². The van der Waals surface area contributed by atoms with Crippen LogP contribution in [-0.2, 0) is 4.79 Å². The molecule has 4 nitrogen and oxygen atoms in total. The van der Waals surface area contributed by atoms with E-state index < -0.39 is 0 Å². The number of ether oxygens (including phenoxy) is 1. The number of rotatable bonds is 5. The van der Waals surface area contributed by atoms with Crippen LogP contribution in [0.15, 0.2) is 47.6 Å². The first kappa shape index (κ1) is 16.3. The molecule has 2 aromatic carbocycles. The SMILES string of the molecule is Cc1ccc(OCC(=O)NN=Cc2cccc(Cl)c2Cl)cc1. The van der Waals surface area contributed by atoms with E-state index in [2.05, 4.69) is 10.5 Å². The van der Waals surface area contributed by atoms with Crippen LogP contribution in [0.5, 0.6) is 5.75 Å². The van der Waals surface area contributed by atoms with Crippen molar-refractivity contribution in [3.63, 3.8) is 0 Å². The van der Waals surface area contributed by atoms with E-state index in [1.54, 1.807) is 30.3 Å². The Kier molecular flexibility index (Phi) is 5.81. The molecule has 0 saturated heterocycles. The summed E-state index contributed by atoms with van der Waals surface area (Å²) in [4.78, 5) is 11.6. The van der Waals surface area contributed by atoms with Crippen molar-refractivity contribution >= 4 is 35.3 Å². The van der Waals surface area contributed by atoms with Gasteiger partial charge in [-0.15, -0.1) is 0 Å². The standard InChI is InChI=1S/C16H14Cl2N2O2/c1-11-5-7-13(8-6-11)22-10-15(21)20-19-9-12-3-2-4-14(17)16(12)18/h2-9H,10H2,1H3,(H,20,21). The summed E-state index contributed by atoms with van der Waals surface area (Å²) in [6.07, 6.45) is 1.43. The van der Waals surface area contributed by atoms with Crippen LogP contribution in [0.3, 0.4) is 0 Å². The van der Waals surface area contributed by atoms with E-state index in [1.807, 2.05) is 19.1 Å². The molecule has 0 atom stereocenters. The van der Waals surface area contributed by atoms with Gasteiger partial charge in [0.1, 0.15) is 5.75 Å². The van der Waals surface area contributed by atoms with Gasteiger partial charge in [-0.3, -0.25) is 4.79 Å². The minimum Gasteiger partial charge on any atom is -0.484 e. The molecule has 0 bridgehead atoms. The fourth-order valence-electron chi connectivity index (χ4n) is 1.61. The molecule has 0 aromatic heterocycles. The molecule has 114 valence electrons. The number of nitrogens with one attached hydrogen (secondary N) is 1. The van der Waals surface area contributed by atoms with Gasteiger partial charge in [-0.25, -0.2) is 5.43 Å². The first-order valence-corrected chi connectivity index (χ1v) is 7.27. The fraction of sp³-hybridized carbons (Fsp3) is 0.125. The summed E-state index contributed by atoms with van der Waals surface area (Å²) in [5, 5.41) is 4.64. The zero-order valence-corrected chi connectivity index (χ0v) is 13.4. The van der Waals surface area contributed by atoms with Gasteiger partial charge in [0, 0.05) is 5.56 Å². The number of carbonyl (C=O) groups is 1. The highest BCUT2D eigenvalue weighted by atomic mass is 35.5. The predicted molar refractivity (Wildman–Crippen MR) is 88.9 cm³/mol. The van der Waals surface area contributed by atoms with Crippen LogP contribution < -0.4 is 10.2 Å². The smallest absolute Gasteiger partial charge is 0.277 e. The molecular formula is C16H14Cl2N2O2.